The summed E-state index contributed by atoms with van der Waals surface area (Å²) in [4.78, 5) is 12.5. The van der Waals surface area contributed by atoms with E-state index < -0.39 is 0 Å². The minimum Gasteiger partial charge on any atom is -0.344 e. The highest BCUT2D eigenvalue weighted by Crippen LogP contribution is 2.17. The maximum absolute atomic E-state index is 13.0. The van der Waals surface area contributed by atoms with Gasteiger partial charge in [0.1, 0.15) is 5.82 Å². The molecule has 0 aliphatic rings. The van der Waals surface area contributed by atoms with Crippen molar-refractivity contribution < 1.29 is 9.18 Å². The van der Waals surface area contributed by atoms with Crippen LogP contribution in [-0.2, 0) is 6.54 Å². The third-order valence-electron chi connectivity index (χ3n) is 4.01. The Morgan fingerprint density at radius 2 is 2.00 bits per heavy atom. The molecule has 2 aromatic heterocycles. The normalized spacial score (nSPS) is 12.1. The van der Waals surface area contributed by atoms with E-state index in [0.29, 0.717) is 11.4 Å². The summed E-state index contributed by atoms with van der Waals surface area (Å²) in [5.74, 6) is -0.566. The summed E-state index contributed by atoms with van der Waals surface area (Å²) in [6.45, 7) is 4.80. The summed E-state index contributed by atoms with van der Waals surface area (Å²) in [5.41, 5.74) is 1.97. The van der Waals surface area contributed by atoms with Gasteiger partial charge in [-0.05, 0) is 43.7 Å². The average molecular weight is 341 g/mol. The highest BCUT2D eigenvalue weighted by atomic mass is 19.1. The Bertz CT molecular complexity index is 852. The molecule has 7 heteroatoms. The first kappa shape index (κ1) is 16.9. The van der Waals surface area contributed by atoms with Gasteiger partial charge in [0.15, 0.2) is 5.69 Å². The summed E-state index contributed by atoms with van der Waals surface area (Å²) < 4.78 is 16.4. The maximum atomic E-state index is 13.0. The minimum absolute atomic E-state index is 0.122. The number of aromatic nitrogens is 4. The van der Waals surface area contributed by atoms with Crippen molar-refractivity contribution in [3.8, 4) is 5.69 Å². The van der Waals surface area contributed by atoms with E-state index in [-0.39, 0.29) is 17.8 Å². The molecule has 2 heterocycles. The third-order valence-corrected chi connectivity index (χ3v) is 4.01. The van der Waals surface area contributed by atoms with Gasteiger partial charge in [-0.25, -0.2) is 9.07 Å². The largest absolute Gasteiger partial charge is 0.344 e. The summed E-state index contributed by atoms with van der Waals surface area (Å²) in [5, 5.41) is 11.5. The number of nitrogens with one attached hydrogen (secondary N) is 1. The van der Waals surface area contributed by atoms with Crippen LogP contribution in [0.3, 0.4) is 0 Å². The van der Waals surface area contributed by atoms with Gasteiger partial charge in [0, 0.05) is 24.5 Å². The van der Waals surface area contributed by atoms with Gasteiger partial charge in [0.2, 0.25) is 0 Å². The van der Waals surface area contributed by atoms with E-state index in [9.17, 15) is 9.18 Å². The van der Waals surface area contributed by atoms with Crippen molar-refractivity contribution in [2.24, 2.45) is 0 Å². The number of carbonyl (C=O) groups is 1. The standard InChI is InChI=1S/C18H20FN5O/c1-3-16(13-11-20-23(4-2)12-13)21-18(25)17-9-10-24(22-17)15-7-5-14(19)6-8-15/h5-12,16H,3-4H2,1-2H3,(H,21,25). The monoisotopic (exact) mass is 341 g/mol. The number of hydrogen-bond donors (Lipinski definition) is 1. The van der Waals surface area contributed by atoms with Crippen molar-refractivity contribution in [3.05, 3.63) is 66.0 Å². The molecule has 3 rings (SSSR count). The number of hydrogen-bond acceptors (Lipinski definition) is 3. The highest BCUT2D eigenvalue weighted by molar-refractivity contribution is 5.92. The van der Waals surface area contributed by atoms with E-state index in [1.54, 1.807) is 35.3 Å². The molecule has 0 aliphatic carbocycles. The van der Waals surface area contributed by atoms with Crippen molar-refractivity contribution in [1.29, 1.82) is 0 Å². The van der Waals surface area contributed by atoms with Crippen LogP contribution in [-0.4, -0.2) is 25.5 Å². The predicted octanol–water partition coefficient (Wildman–Crippen LogP) is 3.11. The van der Waals surface area contributed by atoms with E-state index in [0.717, 1.165) is 18.5 Å². The molecule has 3 aromatic rings. The summed E-state index contributed by atoms with van der Waals surface area (Å²) >= 11 is 0. The molecule has 1 N–H and O–H groups in total. The Balaban J connectivity index is 1.73. The first-order valence-corrected chi connectivity index (χ1v) is 8.25. The van der Waals surface area contributed by atoms with Crippen LogP contribution in [0.4, 0.5) is 4.39 Å². The van der Waals surface area contributed by atoms with Gasteiger partial charge in [0.25, 0.3) is 5.91 Å². The molecule has 130 valence electrons. The van der Waals surface area contributed by atoms with Crippen molar-refractivity contribution in [1.82, 2.24) is 24.9 Å². The smallest absolute Gasteiger partial charge is 0.272 e. The fraction of sp³-hybridized carbons (Fsp3) is 0.278. The van der Waals surface area contributed by atoms with E-state index in [1.165, 1.54) is 12.1 Å². The van der Waals surface area contributed by atoms with Crippen LogP contribution in [0.15, 0.2) is 48.9 Å². The summed E-state index contributed by atoms with van der Waals surface area (Å²) in [6.07, 6.45) is 6.14. The molecular weight excluding hydrogens is 321 g/mol. The molecule has 0 radical (unpaired) electrons. The number of nitrogens with zero attached hydrogens (tertiary/aromatic N) is 4. The zero-order valence-electron chi connectivity index (χ0n) is 14.2. The number of rotatable bonds is 6. The zero-order valence-corrected chi connectivity index (χ0v) is 14.2. The predicted molar refractivity (Wildman–Crippen MR) is 91.9 cm³/mol. The second-order valence-corrected chi connectivity index (χ2v) is 5.69. The molecule has 1 atom stereocenters. The fourth-order valence-electron chi connectivity index (χ4n) is 2.57. The van der Waals surface area contributed by atoms with Gasteiger partial charge < -0.3 is 5.32 Å². The van der Waals surface area contributed by atoms with Crippen LogP contribution in [0.2, 0.25) is 0 Å². The molecule has 0 saturated heterocycles. The molecule has 1 aromatic carbocycles. The lowest BCUT2D eigenvalue weighted by molar-refractivity contribution is 0.0930. The molecular formula is C18H20FN5O. The van der Waals surface area contributed by atoms with Crippen molar-refractivity contribution >= 4 is 5.91 Å². The number of carbonyl (C=O) groups excluding carboxylic acids is 1. The van der Waals surface area contributed by atoms with Gasteiger partial charge in [-0.2, -0.15) is 10.2 Å². The van der Waals surface area contributed by atoms with Gasteiger partial charge >= 0.3 is 0 Å². The lowest BCUT2D eigenvalue weighted by Gasteiger charge is -2.14. The number of halogens is 1. The maximum Gasteiger partial charge on any atom is 0.272 e. The van der Waals surface area contributed by atoms with Gasteiger partial charge in [-0.3, -0.25) is 9.48 Å². The van der Waals surface area contributed by atoms with Crippen LogP contribution < -0.4 is 5.32 Å². The number of benzene rings is 1. The Hall–Kier alpha value is -2.96. The van der Waals surface area contributed by atoms with E-state index in [2.05, 4.69) is 15.5 Å². The number of amides is 1. The van der Waals surface area contributed by atoms with Crippen molar-refractivity contribution in [2.75, 3.05) is 0 Å². The van der Waals surface area contributed by atoms with Crippen molar-refractivity contribution in [3.63, 3.8) is 0 Å². The first-order valence-electron chi connectivity index (χ1n) is 8.25. The Kier molecular flexibility index (Phi) is 4.92. The molecule has 1 amide bonds. The Morgan fingerprint density at radius 3 is 2.64 bits per heavy atom. The molecule has 0 aliphatic heterocycles. The molecule has 1 unspecified atom stereocenters. The van der Waals surface area contributed by atoms with Crippen molar-refractivity contribution in [2.45, 2.75) is 32.9 Å². The fourth-order valence-corrected chi connectivity index (χ4v) is 2.57. The first-order chi connectivity index (χ1) is 12.1. The molecule has 0 saturated carbocycles. The van der Waals surface area contributed by atoms with Gasteiger partial charge in [-0.15, -0.1) is 0 Å². The van der Waals surface area contributed by atoms with E-state index >= 15 is 0 Å². The Labute approximate surface area is 145 Å². The lowest BCUT2D eigenvalue weighted by Crippen LogP contribution is -2.28. The van der Waals surface area contributed by atoms with E-state index in [1.807, 2.05) is 24.7 Å². The molecule has 25 heavy (non-hydrogen) atoms. The van der Waals surface area contributed by atoms with Crippen LogP contribution in [0.1, 0.15) is 42.4 Å². The SMILES string of the molecule is CCC(NC(=O)c1ccn(-c2ccc(F)cc2)n1)c1cnn(CC)c1. The topological polar surface area (TPSA) is 64.7 Å². The molecule has 6 nitrogen and oxygen atoms in total. The Morgan fingerprint density at radius 1 is 1.24 bits per heavy atom. The van der Waals surface area contributed by atoms with E-state index in [4.69, 9.17) is 0 Å². The number of aryl methyl sites for hydroxylation is 1. The van der Waals surface area contributed by atoms with Crippen LogP contribution in [0.25, 0.3) is 5.69 Å². The zero-order chi connectivity index (χ0) is 17.8. The quantitative estimate of drug-likeness (QED) is 0.749. The van der Waals surface area contributed by atoms with Gasteiger partial charge in [0.05, 0.1) is 17.9 Å². The molecule has 0 bridgehead atoms. The second kappa shape index (κ2) is 7.29. The summed E-state index contributed by atoms with van der Waals surface area (Å²) in [6, 6.07) is 7.45. The lowest BCUT2D eigenvalue weighted by atomic mass is 10.1. The van der Waals surface area contributed by atoms with Crippen LogP contribution >= 0.6 is 0 Å². The highest BCUT2D eigenvalue weighted by Gasteiger charge is 2.17. The minimum atomic E-state index is -0.313. The molecule has 0 spiro atoms. The average Bonchev–Trinajstić information content (AvgIpc) is 3.29. The van der Waals surface area contributed by atoms with Crippen LogP contribution in [0.5, 0.6) is 0 Å². The second-order valence-electron chi connectivity index (χ2n) is 5.69. The van der Waals surface area contributed by atoms with Crippen LogP contribution in [0, 0.1) is 5.82 Å². The van der Waals surface area contributed by atoms with Gasteiger partial charge in [-0.1, -0.05) is 6.92 Å². The third kappa shape index (κ3) is 3.76. The molecule has 0 fully saturated rings. The summed E-state index contributed by atoms with van der Waals surface area (Å²) in [7, 11) is 0.